The summed E-state index contributed by atoms with van der Waals surface area (Å²) in [7, 11) is 1.63. The molecule has 0 radical (unpaired) electrons. The molecule has 2 N–H and O–H groups in total. The Balaban J connectivity index is 1.24. The predicted octanol–water partition coefficient (Wildman–Crippen LogP) is 3.13. The first-order valence-electron chi connectivity index (χ1n) is 11.1. The molecule has 1 fully saturated rings. The van der Waals surface area contributed by atoms with Crippen molar-refractivity contribution in [2.75, 3.05) is 26.8 Å². The zero-order valence-electron chi connectivity index (χ0n) is 18.7. The smallest absolute Gasteiger partial charge is 0.317 e. The van der Waals surface area contributed by atoms with Crippen LogP contribution in [0.5, 0.6) is 11.5 Å². The van der Waals surface area contributed by atoms with Crippen LogP contribution in [0.15, 0.2) is 48.5 Å². The molecule has 2 aliphatic rings. The van der Waals surface area contributed by atoms with Gasteiger partial charge < -0.3 is 25.0 Å². The van der Waals surface area contributed by atoms with Crippen molar-refractivity contribution in [1.29, 1.82) is 0 Å². The molecular weight excluding hydrogens is 406 g/mol. The summed E-state index contributed by atoms with van der Waals surface area (Å²) >= 11 is 0. The lowest BCUT2D eigenvalue weighted by atomic mass is 9.79. The SMILES string of the molecule is COc1ccc(CNC(=O)C2(C)CCN(C(=O)NC3COc4ccccc4C3)CC2)cc1. The van der Waals surface area contributed by atoms with Crippen molar-refractivity contribution >= 4 is 11.9 Å². The summed E-state index contributed by atoms with van der Waals surface area (Å²) in [5.74, 6) is 1.72. The molecule has 0 aliphatic carbocycles. The summed E-state index contributed by atoms with van der Waals surface area (Å²) < 4.78 is 10.9. The fourth-order valence-corrected chi connectivity index (χ4v) is 4.26. The van der Waals surface area contributed by atoms with Gasteiger partial charge in [0.1, 0.15) is 18.1 Å². The molecule has 4 rings (SSSR count). The number of amides is 3. The molecule has 0 aromatic heterocycles. The van der Waals surface area contributed by atoms with E-state index in [1.807, 2.05) is 55.5 Å². The normalized spacial score (nSPS) is 19.3. The van der Waals surface area contributed by atoms with Gasteiger partial charge in [0, 0.05) is 25.0 Å². The number of urea groups is 1. The van der Waals surface area contributed by atoms with E-state index in [2.05, 4.69) is 10.6 Å². The number of nitrogens with one attached hydrogen (secondary N) is 2. The number of rotatable bonds is 5. The van der Waals surface area contributed by atoms with E-state index in [1.54, 1.807) is 12.0 Å². The van der Waals surface area contributed by atoms with Crippen molar-refractivity contribution in [2.24, 2.45) is 5.41 Å². The summed E-state index contributed by atoms with van der Waals surface area (Å²) in [6.45, 7) is 4.05. The molecule has 0 saturated carbocycles. The Morgan fingerprint density at radius 3 is 2.56 bits per heavy atom. The molecule has 2 aromatic rings. The minimum atomic E-state index is -0.476. The Hall–Kier alpha value is -3.22. The number of nitrogens with zero attached hydrogens (tertiary/aromatic N) is 1. The monoisotopic (exact) mass is 437 g/mol. The van der Waals surface area contributed by atoms with Crippen LogP contribution < -0.4 is 20.1 Å². The molecule has 1 atom stereocenters. The quantitative estimate of drug-likeness (QED) is 0.753. The third-order valence-electron chi connectivity index (χ3n) is 6.52. The van der Waals surface area contributed by atoms with Crippen LogP contribution in [0.25, 0.3) is 0 Å². The molecule has 3 amide bonds. The maximum absolute atomic E-state index is 12.9. The van der Waals surface area contributed by atoms with Crippen LogP contribution in [0, 0.1) is 5.41 Å². The predicted molar refractivity (Wildman–Crippen MR) is 122 cm³/mol. The van der Waals surface area contributed by atoms with Crippen LogP contribution in [0.2, 0.25) is 0 Å². The topological polar surface area (TPSA) is 79.9 Å². The first-order valence-corrected chi connectivity index (χ1v) is 11.1. The lowest BCUT2D eigenvalue weighted by Gasteiger charge is -2.39. The molecule has 7 heteroatoms. The fourth-order valence-electron chi connectivity index (χ4n) is 4.26. The number of methoxy groups -OCH3 is 1. The minimum absolute atomic E-state index is 0.0330. The van der Waals surface area contributed by atoms with E-state index >= 15 is 0 Å². The Kier molecular flexibility index (Phi) is 6.53. The van der Waals surface area contributed by atoms with Crippen LogP contribution >= 0.6 is 0 Å². The van der Waals surface area contributed by atoms with Gasteiger partial charge >= 0.3 is 6.03 Å². The summed E-state index contributed by atoms with van der Waals surface area (Å²) in [6.07, 6.45) is 2.04. The van der Waals surface area contributed by atoms with E-state index in [9.17, 15) is 9.59 Å². The molecule has 1 saturated heterocycles. The number of carbonyl (C=O) groups excluding carboxylic acids is 2. The highest BCUT2D eigenvalue weighted by atomic mass is 16.5. The van der Waals surface area contributed by atoms with Crippen LogP contribution in [-0.4, -0.2) is 49.7 Å². The van der Waals surface area contributed by atoms with Crippen LogP contribution in [0.3, 0.4) is 0 Å². The van der Waals surface area contributed by atoms with Gasteiger partial charge in [-0.3, -0.25) is 4.79 Å². The van der Waals surface area contributed by atoms with Gasteiger partial charge in [-0.2, -0.15) is 0 Å². The first-order chi connectivity index (χ1) is 15.5. The van der Waals surface area contributed by atoms with Crippen molar-refractivity contribution in [1.82, 2.24) is 15.5 Å². The molecular formula is C25H31N3O4. The van der Waals surface area contributed by atoms with Gasteiger partial charge in [-0.05, 0) is 48.6 Å². The van der Waals surface area contributed by atoms with Crippen LogP contribution in [-0.2, 0) is 17.8 Å². The van der Waals surface area contributed by atoms with Gasteiger partial charge in [-0.25, -0.2) is 4.79 Å². The third-order valence-corrected chi connectivity index (χ3v) is 6.52. The Morgan fingerprint density at radius 2 is 1.84 bits per heavy atom. The van der Waals surface area contributed by atoms with Gasteiger partial charge in [0.05, 0.1) is 13.2 Å². The molecule has 2 heterocycles. The van der Waals surface area contributed by atoms with E-state index in [-0.39, 0.29) is 18.0 Å². The Morgan fingerprint density at radius 1 is 1.12 bits per heavy atom. The maximum atomic E-state index is 12.9. The summed E-state index contributed by atoms with van der Waals surface area (Å²) in [6, 6.07) is 15.5. The van der Waals surface area contributed by atoms with Gasteiger partial charge in [0.25, 0.3) is 0 Å². The van der Waals surface area contributed by atoms with E-state index < -0.39 is 5.41 Å². The number of ether oxygens (including phenoxy) is 2. The van der Waals surface area contributed by atoms with Gasteiger partial charge in [0.15, 0.2) is 0 Å². The highest BCUT2D eigenvalue weighted by Crippen LogP contribution is 2.31. The lowest BCUT2D eigenvalue weighted by Crippen LogP contribution is -2.54. The first kappa shape index (κ1) is 22.0. The number of likely N-dealkylation sites (tertiary alicyclic amines) is 1. The van der Waals surface area contributed by atoms with Gasteiger partial charge in [0.2, 0.25) is 5.91 Å². The van der Waals surface area contributed by atoms with Crippen molar-refractivity contribution in [3.63, 3.8) is 0 Å². The van der Waals surface area contributed by atoms with Gasteiger partial charge in [-0.1, -0.05) is 37.3 Å². The van der Waals surface area contributed by atoms with Gasteiger partial charge in [-0.15, -0.1) is 0 Å². The average molecular weight is 438 g/mol. The number of piperidine rings is 1. The lowest BCUT2D eigenvalue weighted by molar-refractivity contribution is -0.132. The zero-order valence-corrected chi connectivity index (χ0v) is 18.7. The minimum Gasteiger partial charge on any atom is -0.497 e. The standard InChI is InChI=1S/C25H31N3O4/c1-25(23(29)26-16-18-7-9-21(31-2)10-8-18)11-13-28(14-12-25)24(30)27-20-15-19-5-3-4-6-22(19)32-17-20/h3-10,20H,11-17H2,1-2H3,(H,26,29)(H,27,30). The molecule has 2 aromatic carbocycles. The molecule has 0 bridgehead atoms. The maximum Gasteiger partial charge on any atom is 0.317 e. The fraction of sp³-hybridized carbons (Fsp3) is 0.440. The molecule has 7 nitrogen and oxygen atoms in total. The third kappa shape index (κ3) is 4.98. The highest BCUT2D eigenvalue weighted by molar-refractivity contribution is 5.83. The van der Waals surface area contributed by atoms with E-state index in [4.69, 9.17) is 9.47 Å². The molecule has 1 unspecified atom stereocenters. The molecule has 170 valence electrons. The molecule has 0 spiro atoms. The molecule has 32 heavy (non-hydrogen) atoms. The van der Waals surface area contributed by atoms with Crippen LogP contribution in [0.4, 0.5) is 4.79 Å². The Labute approximate surface area is 189 Å². The number of hydrogen-bond acceptors (Lipinski definition) is 4. The van der Waals surface area contributed by atoms with E-state index in [0.717, 1.165) is 29.0 Å². The number of fused-ring (bicyclic) bond motifs is 1. The summed E-state index contributed by atoms with van der Waals surface area (Å²) in [5, 5.41) is 6.14. The Bertz CT molecular complexity index is 952. The number of carbonyl (C=O) groups is 2. The second kappa shape index (κ2) is 9.51. The van der Waals surface area contributed by atoms with Crippen molar-refractivity contribution in [3.8, 4) is 11.5 Å². The largest absolute Gasteiger partial charge is 0.497 e. The van der Waals surface area contributed by atoms with Crippen molar-refractivity contribution < 1.29 is 19.1 Å². The van der Waals surface area contributed by atoms with Crippen molar-refractivity contribution in [3.05, 3.63) is 59.7 Å². The highest BCUT2D eigenvalue weighted by Gasteiger charge is 2.38. The second-order valence-electron chi connectivity index (χ2n) is 8.85. The van der Waals surface area contributed by atoms with E-state index in [1.165, 1.54) is 0 Å². The van der Waals surface area contributed by atoms with Crippen molar-refractivity contribution in [2.45, 2.75) is 38.8 Å². The number of benzene rings is 2. The summed E-state index contributed by atoms with van der Waals surface area (Å²) in [5.41, 5.74) is 1.66. The number of hydrogen-bond donors (Lipinski definition) is 2. The number of para-hydroxylation sites is 1. The van der Waals surface area contributed by atoms with E-state index in [0.29, 0.717) is 39.1 Å². The summed E-state index contributed by atoms with van der Waals surface area (Å²) in [4.78, 5) is 27.4. The zero-order chi connectivity index (χ0) is 22.6. The van der Waals surface area contributed by atoms with Crippen LogP contribution in [0.1, 0.15) is 30.9 Å². The second-order valence-corrected chi connectivity index (χ2v) is 8.85. The average Bonchev–Trinajstić information content (AvgIpc) is 2.83. The molecule has 2 aliphatic heterocycles.